The Hall–Kier alpha value is -2.28. The number of hydrogen-bond acceptors (Lipinski definition) is 5. The van der Waals surface area contributed by atoms with Crippen LogP contribution in [0.2, 0.25) is 0 Å². The molecule has 5 rings (SSSR count). The molecular weight excluding hydrogens is 336 g/mol. The fourth-order valence-corrected chi connectivity index (χ4v) is 4.31. The minimum Gasteiger partial charge on any atom is -0.336 e. The lowest BCUT2D eigenvalue weighted by Gasteiger charge is -2.35. The van der Waals surface area contributed by atoms with Crippen LogP contribution in [-0.4, -0.2) is 50.7 Å². The van der Waals surface area contributed by atoms with Gasteiger partial charge in [-0.1, -0.05) is 0 Å². The fraction of sp³-hybridized carbons (Fsp3) is 0.444. The highest BCUT2D eigenvalue weighted by atomic mass is 32.1. The highest BCUT2D eigenvalue weighted by molar-refractivity contribution is 7.07. The number of hydrogen-bond donors (Lipinski definition) is 0. The molecule has 0 spiro atoms. The van der Waals surface area contributed by atoms with Gasteiger partial charge in [-0.15, -0.1) is 11.3 Å². The molecule has 0 unspecified atom stereocenters. The largest absolute Gasteiger partial charge is 0.336 e. The van der Waals surface area contributed by atoms with Gasteiger partial charge < -0.3 is 9.80 Å². The van der Waals surface area contributed by atoms with Gasteiger partial charge in [0.25, 0.3) is 5.91 Å². The maximum Gasteiger partial charge on any atom is 0.255 e. The molecule has 3 saturated heterocycles. The van der Waals surface area contributed by atoms with Crippen LogP contribution < -0.4 is 0 Å². The summed E-state index contributed by atoms with van der Waals surface area (Å²) < 4.78 is 0. The summed E-state index contributed by atoms with van der Waals surface area (Å²) in [6, 6.07) is 1.91. The number of carbonyl (C=O) groups is 2. The Morgan fingerprint density at radius 3 is 3.00 bits per heavy atom. The summed E-state index contributed by atoms with van der Waals surface area (Å²) in [4.78, 5) is 38.0. The molecule has 2 amide bonds. The van der Waals surface area contributed by atoms with E-state index in [4.69, 9.17) is 0 Å². The highest BCUT2D eigenvalue weighted by Gasteiger charge is 2.42. The molecule has 5 heterocycles. The van der Waals surface area contributed by atoms with Crippen molar-refractivity contribution in [2.24, 2.45) is 5.92 Å². The number of thiazole rings is 1. The number of carbonyl (C=O) groups excluding carboxylic acids is 2. The van der Waals surface area contributed by atoms with Gasteiger partial charge in [-0.3, -0.25) is 14.6 Å². The van der Waals surface area contributed by atoms with Crippen molar-refractivity contribution in [3.63, 3.8) is 0 Å². The van der Waals surface area contributed by atoms with E-state index < -0.39 is 0 Å². The summed E-state index contributed by atoms with van der Waals surface area (Å²) in [5, 5.41) is 1.98. The van der Waals surface area contributed by atoms with E-state index >= 15 is 0 Å². The van der Waals surface area contributed by atoms with Crippen LogP contribution in [0.3, 0.4) is 0 Å². The molecule has 25 heavy (non-hydrogen) atoms. The van der Waals surface area contributed by atoms with E-state index in [1.165, 1.54) is 11.3 Å². The van der Waals surface area contributed by atoms with Crippen LogP contribution in [0, 0.1) is 12.8 Å². The molecule has 2 bridgehead atoms. The Kier molecular flexibility index (Phi) is 4.25. The first-order valence-electron chi connectivity index (χ1n) is 8.51. The van der Waals surface area contributed by atoms with Crippen molar-refractivity contribution in [3.8, 4) is 0 Å². The third kappa shape index (κ3) is 3.04. The highest BCUT2D eigenvalue weighted by Crippen LogP contribution is 2.31. The predicted molar refractivity (Wildman–Crippen MR) is 94.1 cm³/mol. The second kappa shape index (κ2) is 6.55. The van der Waals surface area contributed by atoms with Crippen LogP contribution in [-0.2, 0) is 11.3 Å². The number of aryl methyl sites for hydroxylation is 1. The first-order chi connectivity index (χ1) is 12.1. The first kappa shape index (κ1) is 16.2. The maximum atomic E-state index is 13.0. The Labute approximate surface area is 150 Å². The molecule has 130 valence electrons. The van der Waals surface area contributed by atoms with E-state index in [0.717, 1.165) is 24.1 Å². The average Bonchev–Trinajstić information content (AvgIpc) is 2.98. The Bertz CT molecular complexity index is 792. The Morgan fingerprint density at radius 1 is 1.36 bits per heavy atom. The monoisotopic (exact) mass is 356 g/mol. The van der Waals surface area contributed by atoms with E-state index in [1.807, 2.05) is 28.2 Å². The van der Waals surface area contributed by atoms with Crippen molar-refractivity contribution in [2.45, 2.75) is 32.4 Å². The molecule has 0 saturated carbocycles. The van der Waals surface area contributed by atoms with Gasteiger partial charge in [0, 0.05) is 36.9 Å². The number of amides is 2. The normalized spacial score (nSPS) is 23.0. The van der Waals surface area contributed by atoms with Gasteiger partial charge in [0.05, 0.1) is 29.2 Å². The van der Waals surface area contributed by atoms with E-state index in [9.17, 15) is 9.59 Å². The first-order valence-corrected chi connectivity index (χ1v) is 9.45. The van der Waals surface area contributed by atoms with Crippen LogP contribution in [0.15, 0.2) is 29.4 Å². The molecule has 2 atom stereocenters. The summed E-state index contributed by atoms with van der Waals surface area (Å²) in [6.45, 7) is 3.54. The van der Waals surface area contributed by atoms with Crippen molar-refractivity contribution in [2.75, 3.05) is 13.1 Å². The number of piperidine rings is 1. The van der Waals surface area contributed by atoms with E-state index in [0.29, 0.717) is 25.2 Å². The molecule has 7 heteroatoms. The molecule has 2 aromatic rings. The lowest BCUT2D eigenvalue weighted by Crippen LogP contribution is -2.47. The van der Waals surface area contributed by atoms with Gasteiger partial charge >= 0.3 is 0 Å². The zero-order valence-electron chi connectivity index (χ0n) is 14.1. The summed E-state index contributed by atoms with van der Waals surface area (Å²) in [5.74, 6) is 0.0200. The van der Waals surface area contributed by atoms with Crippen LogP contribution in [0.1, 0.15) is 34.5 Å². The lowest BCUT2D eigenvalue weighted by molar-refractivity contribution is -0.140. The van der Waals surface area contributed by atoms with E-state index in [2.05, 4.69) is 9.97 Å². The zero-order valence-corrected chi connectivity index (χ0v) is 14.9. The van der Waals surface area contributed by atoms with Crippen molar-refractivity contribution < 1.29 is 9.59 Å². The van der Waals surface area contributed by atoms with Gasteiger partial charge in [0.2, 0.25) is 5.91 Å². The molecular formula is C18H20N4O2S. The molecule has 3 fully saturated rings. The van der Waals surface area contributed by atoms with Gasteiger partial charge in [0.1, 0.15) is 0 Å². The molecule has 0 N–H and O–H groups in total. The van der Waals surface area contributed by atoms with Crippen molar-refractivity contribution in [1.82, 2.24) is 19.8 Å². The molecule has 3 aliphatic heterocycles. The topological polar surface area (TPSA) is 66.4 Å². The van der Waals surface area contributed by atoms with Gasteiger partial charge in [0.15, 0.2) is 0 Å². The van der Waals surface area contributed by atoms with Gasteiger partial charge in [-0.25, -0.2) is 4.98 Å². The predicted octanol–water partition coefficient (Wildman–Crippen LogP) is 2.11. The Balaban J connectivity index is 1.57. The van der Waals surface area contributed by atoms with Crippen molar-refractivity contribution >= 4 is 23.2 Å². The van der Waals surface area contributed by atoms with E-state index in [-0.39, 0.29) is 23.8 Å². The number of nitrogens with zero attached hydrogens (tertiary/aromatic N) is 4. The van der Waals surface area contributed by atoms with Crippen LogP contribution in [0.4, 0.5) is 0 Å². The quantitative estimate of drug-likeness (QED) is 0.845. The number of aromatic nitrogens is 2. The lowest BCUT2D eigenvalue weighted by atomic mass is 9.94. The second-order valence-corrected chi connectivity index (χ2v) is 7.49. The summed E-state index contributed by atoms with van der Waals surface area (Å²) >= 11 is 1.54. The molecule has 6 nitrogen and oxygen atoms in total. The van der Waals surface area contributed by atoms with Crippen LogP contribution >= 0.6 is 11.3 Å². The minimum atomic E-state index is -0.113. The third-order valence-electron chi connectivity index (χ3n) is 5.17. The second-order valence-electron chi connectivity index (χ2n) is 6.77. The number of fused-ring (bicyclic) bond motifs is 4. The molecule has 0 aliphatic carbocycles. The standard InChI is InChI=1S/C18H20N4O2S/c1-12-4-5-19-6-16(12)18(24)21-7-13-2-3-15(9-21)22(17(13)23)8-14-10-25-11-20-14/h4-6,10-11,13,15H,2-3,7-9H2,1H3/t13-,15+/m1/s1. The van der Waals surface area contributed by atoms with Crippen molar-refractivity contribution in [1.29, 1.82) is 0 Å². The van der Waals surface area contributed by atoms with Gasteiger partial charge in [-0.05, 0) is 31.4 Å². The average molecular weight is 356 g/mol. The van der Waals surface area contributed by atoms with Crippen LogP contribution in [0.5, 0.6) is 0 Å². The van der Waals surface area contributed by atoms with Gasteiger partial charge in [-0.2, -0.15) is 0 Å². The molecule has 0 radical (unpaired) electrons. The SMILES string of the molecule is Cc1ccncc1C(=O)N1C[C@H]2CC[C@@H](C1)N(Cc1cscn1)C2=O. The molecule has 2 aromatic heterocycles. The molecule has 3 aliphatic rings. The number of rotatable bonds is 3. The van der Waals surface area contributed by atoms with E-state index in [1.54, 1.807) is 17.9 Å². The third-order valence-corrected chi connectivity index (χ3v) is 5.80. The summed E-state index contributed by atoms with van der Waals surface area (Å²) in [6.07, 6.45) is 5.11. The summed E-state index contributed by atoms with van der Waals surface area (Å²) in [5.41, 5.74) is 4.26. The molecule has 0 aromatic carbocycles. The smallest absolute Gasteiger partial charge is 0.255 e. The Morgan fingerprint density at radius 2 is 2.24 bits per heavy atom. The van der Waals surface area contributed by atoms with Crippen LogP contribution in [0.25, 0.3) is 0 Å². The zero-order chi connectivity index (χ0) is 17.4. The maximum absolute atomic E-state index is 13.0. The number of pyridine rings is 1. The summed E-state index contributed by atoms with van der Waals surface area (Å²) in [7, 11) is 0. The fourth-order valence-electron chi connectivity index (χ4n) is 3.76. The van der Waals surface area contributed by atoms with Crippen molar-refractivity contribution in [3.05, 3.63) is 46.2 Å². The minimum absolute atomic E-state index is 0.0224.